The van der Waals surface area contributed by atoms with Crippen LogP contribution in [-0.4, -0.2) is 88.2 Å². The van der Waals surface area contributed by atoms with Gasteiger partial charge >= 0.3 is 11.9 Å². The Morgan fingerprint density at radius 3 is 2.27 bits per heavy atom. The Balaban J connectivity index is 1.54. The number of esters is 2. The van der Waals surface area contributed by atoms with E-state index in [1.165, 1.54) is 23.2 Å². The number of halogens is 2. The van der Waals surface area contributed by atoms with Gasteiger partial charge in [-0.3, -0.25) is 33.8 Å². The van der Waals surface area contributed by atoms with E-state index in [-0.39, 0.29) is 41.4 Å². The largest absolute Gasteiger partial charge is 0.460 e. The van der Waals surface area contributed by atoms with Crippen molar-refractivity contribution in [1.29, 1.82) is 0 Å². The number of carbonyl (C=O) groups is 7. The lowest BCUT2D eigenvalue weighted by Crippen LogP contribution is -2.64. The van der Waals surface area contributed by atoms with Gasteiger partial charge in [0.15, 0.2) is 12.4 Å². The molecule has 2 N–H and O–H groups in total. The van der Waals surface area contributed by atoms with Crippen LogP contribution in [0.3, 0.4) is 0 Å². The summed E-state index contributed by atoms with van der Waals surface area (Å²) in [5.74, 6) is -5.13. The second-order valence-electron chi connectivity index (χ2n) is 12.3. The lowest BCUT2D eigenvalue weighted by atomic mass is 10.0. The van der Waals surface area contributed by atoms with Gasteiger partial charge in [-0.1, -0.05) is 47.5 Å². The van der Waals surface area contributed by atoms with Crippen molar-refractivity contribution in [2.75, 3.05) is 13.2 Å². The van der Waals surface area contributed by atoms with E-state index >= 15 is 0 Å². The Morgan fingerprint density at radius 2 is 1.62 bits per heavy atom. The van der Waals surface area contributed by atoms with Gasteiger partial charge in [-0.05, 0) is 64.3 Å². The summed E-state index contributed by atoms with van der Waals surface area (Å²) in [7, 11) is 0. The van der Waals surface area contributed by atoms with Gasteiger partial charge in [0.05, 0.1) is 22.0 Å². The van der Waals surface area contributed by atoms with Gasteiger partial charge in [0.1, 0.15) is 23.7 Å². The molecule has 4 rings (SSSR count). The highest BCUT2D eigenvalue weighted by Gasteiger charge is 2.45. The molecule has 0 aliphatic carbocycles. The van der Waals surface area contributed by atoms with E-state index in [1.807, 2.05) is 0 Å². The molecule has 15 heteroatoms. The number of hydrogen-bond donors (Lipinski definition) is 2. The van der Waals surface area contributed by atoms with E-state index in [0.717, 1.165) is 5.01 Å². The normalized spacial score (nSPS) is 18.6. The number of nitrogens with one attached hydrogen (secondary N) is 2. The number of Topliss-reactive ketones (excluding diaryl/α,β-unsaturated/α-hetero) is 1. The minimum atomic E-state index is -1.54. The van der Waals surface area contributed by atoms with Gasteiger partial charge in [0.2, 0.25) is 11.8 Å². The molecule has 0 radical (unpaired) electrons. The Kier molecular flexibility index (Phi) is 11.8. The molecule has 2 heterocycles. The number of hydrogen-bond acceptors (Lipinski definition) is 9. The first-order valence-electron chi connectivity index (χ1n) is 15.3. The van der Waals surface area contributed by atoms with Crippen LogP contribution in [0, 0.1) is 0 Å². The predicted molar refractivity (Wildman–Crippen MR) is 173 cm³/mol. The molecule has 0 spiro atoms. The predicted octanol–water partition coefficient (Wildman–Crippen LogP) is 3.26. The molecular weight excluding hydrogens is 667 g/mol. The number of fused-ring (bicyclic) bond motifs is 1. The van der Waals surface area contributed by atoms with Gasteiger partial charge in [0, 0.05) is 18.5 Å². The van der Waals surface area contributed by atoms with Gasteiger partial charge < -0.3 is 20.1 Å². The molecule has 0 aromatic heterocycles. The number of benzene rings is 2. The summed E-state index contributed by atoms with van der Waals surface area (Å²) in [6.45, 7) is 4.18. The van der Waals surface area contributed by atoms with E-state index in [1.54, 1.807) is 51.1 Å². The minimum Gasteiger partial charge on any atom is -0.460 e. The van der Waals surface area contributed by atoms with Crippen LogP contribution in [0.2, 0.25) is 10.0 Å². The summed E-state index contributed by atoms with van der Waals surface area (Å²) in [6, 6.07) is 8.66. The summed E-state index contributed by atoms with van der Waals surface area (Å²) in [5, 5.41) is 7.38. The second-order valence-corrected chi connectivity index (χ2v) is 13.1. The van der Waals surface area contributed by atoms with E-state index in [4.69, 9.17) is 32.7 Å². The Morgan fingerprint density at radius 1 is 0.958 bits per heavy atom. The van der Waals surface area contributed by atoms with Crippen LogP contribution in [-0.2, 0) is 33.4 Å². The van der Waals surface area contributed by atoms with Crippen LogP contribution < -0.4 is 10.6 Å². The standard InChI is InChI=1S/C33H36Cl2N4O9/c1-33(2,3)48-27(42)17-23(25(40)18-47-32(46)28-20(34)11-7-12-21(28)35)37-30(44)24-13-8-16-38-26(41)15-14-22(31(45)39(24)38)36-29(43)19-9-5-4-6-10-19/h4-7,9-12,22-24H,8,13-18H2,1-3H3,(H,36,43)(H,37,44)/t22-,23-,24-/m0/s1. The third-order valence-electron chi connectivity index (χ3n) is 7.51. The fraction of sp³-hybridized carbons (Fsp3) is 0.424. The zero-order valence-corrected chi connectivity index (χ0v) is 28.1. The van der Waals surface area contributed by atoms with E-state index in [2.05, 4.69) is 10.6 Å². The van der Waals surface area contributed by atoms with Crippen molar-refractivity contribution < 1.29 is 43.0 Å². The maximum atomic E-state index is 13.8. The Labute approximate surface area is 287 Å². The average Bonchev–Trinajstić information content (AvgIpc) is 3.14. The van der Waals surface area contributed by atoms with Crippen molar-refractivity contribution in [3.05, 3.63) is 69.7 Å². The molecule has 48 heavy (non-hydrogen) atoms. The fourth-order valence-corrected chi connectivity index (χ4v) is 5.85. The zero-order valence-electron chi connectivity index (χ0n) is 26.6. The van der Waals surface area contributed by atoms with Crippen molar-refractivity contribution in [2.24, 2.45) is 0 Å². The number of hydrazine groups is 1. The molecule has 0 saturated carbocycles. The number of rotatable bonds is 10. The summed E-state index contributed by atoms with van der Waals surface area (Å²) < 4.78 is 10.5. The number of ketones is 1. The highest BCUT2D eigenvalue weighted by Crippen LogP contribution is 2.27. The molecule has 2 saturated heterocycles. The van der Waals surface area contributed by atoms with Crippen LogP contribution >= 0.6 is 23.2 Å². The molecule has 2 aliphatic rings. The first kappa shape index (κ1) is 36.3. The molecule has 2 fully saturated rings. The number of carbonyl (C=O) groups excluding carboxylic acids is 7. The minimum absolute atomic E-state index is 0.00432. The molecule has 0 unspecified atom stereocenters. The Bertz CT molecular complexity index is 1570. The van der Waals surface area contributed by atoms with Crippen molar-refractivity contribution in [1.82, 2.24) is 20.7 Å². The van der Waals surface area contributed by atoms with E-state index < -0.39 is 78.1 Å². The fourth-order valence-electron chi connectivity index (χ4n) is 5.30. The molecule has 13 nitrogen and oxygen atoms in total. The third kappa shape index (κ3) is 9.10. The summed E-state index contributed by atoms with van der Waals surface area (Å²) in [4.78, 5) is 92.5. The van der Waals surface area contributed by atoms with Crippen LogP contribution in [0.25, 0.3) is 0 Å². The van der Waals surface area contributed by atoms with Gasteiger partial charge in [-0.15, -0.1) is 0 Å². The topological polar surface area (TPSA) is 168 Å². The highest BCUT2D eigenvalue weighted by molar-refractivity contribution is 6.39. The van der Waals surface area contributed by atoms with Crippen molar-refractivity contribution in [2.45, 2.75) is 76.6 Å². The molecular formula is C33H36Cl2N4O9. The summed E-state index contributed by atoms with van der Waals surface area (Å²) >= 11 is 12.1. The molecule has 0 bridgehead atoms. The van der Waals surface area contributed by atoms with Gasteiger partial charge in [-0.25, -0.2) is 9.80 Å². The van der Waals surface area contributed by atoms with E-state index in [9.17, 15) is 33.6 Å². The third-order valence-corrected chi connectivity index (χ3v) is 8.14. The van der Waals surface area contributed by atoms with Crippen molar-refractivity contribution in [3.63, 3.8) is 0 Å². The van der Waals surface area contributed by atoms with Crippen LogP contribution in [0.15, 0.2) is 48.5 Å². The number of ether oxygens (including phenoxy) is 2. The Hall–Kier alpha value is -4.49. The number of nitrogens with zero attached hydrogens (tertiary/aromatic N) is 2. The molecule has 2 aliphatic heterocycles. The quantitative estimate of drug-likeness (QED) is 0.353. The lowest BCUT2D eigenvalue weighted by molar-refractivity contribution is -0.176. The first-order valence-corrected chi connectivity index (χ1v) is 16.1. The molecule has 2 aromatic rings. The van der Waals surface area contributed by atoms with Crippen molar-refractivity contribution in [3.8, 4) is 0 Å². The molecule has 4 amide bonds. The van der Waals surface area contributed by atoms with Gasteiger partial charge in [-0.2, -0.15) is 0 Å². The number of amides is 4. The highest BCUT2D eigenvalue weighted by atomic mass is 35.5. The molecule has 256 valence electrons. The van der Waals surface area contributed by atoms with Crippen LogP contribution in [0.5, 0.6) is 0 Å². The smallest absolute Gasteiger partial charge is 0.341 e. The summed E-state index contributed by atoms with van der Waals surface area (Å²) in [6.07, 6.45) is -0.191. The average molecular weight is 704 g/mol. The SMILES string of the molecule is CC(C)(C)OC(=O)C[C@H](NC(=O)[C@@H]1CCCN2C(=O)CC[C@H](NC(=O)c3ccccc3)C(=O)N12)C(=O)COC(=O)c1c(Cl)cccc1Cl. The lowest BCUT2D eigenvalue weighted by Gasteiger charge is -2.43. The van der Waals surface area contributed by atoms with Gasteiger partial charge in [0.25, 0.3) is 11.8 Å². The molecule has 3 atom stereocenters. The van der Waals surface area contributed by atoms with Crippen molar-refractivity contribution >= 4 is 64.6 Å². The van der Waals surface area contributed by atoms with Crippen LogP contribution in [0.4, 0.5) is 0 Å². The second kappa shape index (κ2) is 15.6. The van der Waals surface area contributed by atoms with E-state index in [0.29, 0.717) is 12.0 Å². The maximum Gasteiger partial charge on any atom is 0.341 e. The summed E-state index contributed by atoms with van der Waals surface area (Å²) in [5.41, 5.74) is -0.766. The molecule has 2 aromatic carbocycles. The monoisotopic (exact) mass is 702 g/mol. The maximum absolute atomic E-state index is 13.8. The first-order chi connectivity index (χ1) is 22.7. The zero-order chi connectivity index (χ0) is 35.2. The van der Waals surface area contributed by atoms with Crippen LogP contribution in [0.1, 0.15) is 73.6 Å².